The van der Waals surface area contributed by atoms with E-state index < -0.39 is 0 Å². The number of carbonyl (C=O) groups is 1. The lowest BCUT2D eigenvalue weighted by Crippen LogP contribution is -2.12. The zero-order valence-corrected chi connectivity index (χ0v) is 16.2. The number of rotatable bonds is 8. The fraction of sp³-hybridized carbons (Fsp3) is 0.250. The predicted molar refractivity (Wildman–Crippen MR) is 108 cm³/mol. The van der Waals surface area contributed by atoms with Gasteiger partial charge in [-0.3, -0.25) is 9.36 Å². The van der Waals surface area contributed by atoms with E-state index in [1.54, 1.807) is 7.11 Å². The molecule has 0 unspecified atom stereocenters. The average Bonchev–Trinajstić information content (AvgIpc) is 3.12. The first-order valence-corrected chi connectivity index (χ1v) is 9.76. The number of para-hydroxylation sites is 1. The van der Waals surface area contributed by atoms with E-state index in [0.29, 0.717) is 12.2 Å². The molecule has 1 heterocycles. The molecule has 0 aliphatic heterocycles. The minimum atomic E-state index is -0.0332. The lowest BCUT2D eigenvalue weighted by molar-refractivity contribution is -0.115. The van der Waals surface area contributed by atoms with Crippen molar-refractivity contribution in [2.45, 2.75) is 24.9 Å². The molecule has 7 heteroatoms. The maximum atomic E-state index is 12.2. The van der Waals surface area contributed by atoms with Crippen LogP contribution in [0.5, 0.6) is 5.75 Å². The van der Waals surface area contributed by atoms with Gasteiger partial charge in [-0.15, -0.1) is 10.2 Å². The Morgan fingerprint density at radius 3 is 2.52 bits per heavy atom. The van der Waals surface area contributed by atoms with Gasteiger partial charge in [-0.2, -0.15) is 0 Å². The molecule has 2 aromatic carbocycles. The molecule has 3 rings (SSSR count). The van der Waals surface area contributed by atoms with E-state index in [2.05, 4.69) is 22.4 Å². The highest BCUT2D eigenvalue weighted by atomic mass is 32.2. The molecule has 0 atom stereocenters. The third-order valence-electron chi connectivity index (χ3n) is 3.97. The van der Waals surface area contributed by atoms with Crippen LogP contribution in [0.3, 0.4) is 0 Å². The molecule has 6 nitrogen and oxygen atoms in total. The summed E-state index contributed by atoms with van der Waals surface area (Å²) >= 11 is 1.53. The van der Waals surface area contributed by atoms with Crippen molar-refractivity contribution < 1.29 is 9.53 Å². The number of nitrogens with zero attached hydrogens (tertiary/aromatic N) is 3. The van der Waals surface area contributed by atoms with Gasteiger partial charge in [0.25, 0.3) is 0 Å². The summed E-state index contributed by atoms with van der Waals surface area (Å²) in [7, 11) is 1.61. The molecule has 27 heavy (non-hydrogen) atoms. The van der Waals surface area contributed by atoms with E-state index >= 15 is 0 Å². The number of nitrogens with one attached hydrogen (secondary N) is 1. The lowest BCUT2D eigenvalue weighted by atomic mass is 10.3. The van der Waals surface area contributed by atoms with E-state index in [-0.39, 0.29) is 5.91 Å². The Bertz CT molecular complexity index is 879. The fourth-order valence-corrected chi connectivity index (χ4v) is 3.50. The van der Waals surface area contributed by atoms with E-state index in [1.165, 1.54) is 11.8 Å². The summed E-state index contributed by atoms with van der Waals surface area (Å²) in [5, 5.41) is 12.3. The Balaban J connectivity index is 1.59. The number of aromatic nitrogens is 3. The number of hydrogen-bond acceptors (Lipinski definition) is 5. The van der Waals surface area contributed by atoms with Crippen molar-refractivity contribution in [2.24, 2.45) is 0 Å². The second kappa shape index (κ2) is 9.23. The molecule has 0 spiro atoms. The first kappa shape index (κ1) is 19.0. The zero-order chi connectivity index (χ0) is 19.1. The molecule has 0 fully saturated rings. The number of thioether (sulfide) groups is 1. The molecular formula is C20H22N4O2S. The molecule has 1 aromatic heterocycles. The number of methoxy groups -OCH3 is 1. The van der Waals surface area contributed by atoms with Gasteiger partial charge in [0.1, 0.15) is 11.6 Å². The summed E-state index contributed by atoms with van der Waals surface area (Å²) in [5.74, 6) is 2.26. The third-order valence-corrected chi connectivity index (χ3v) is 4.90. The van der Waals surface area contributed by atoms with Gasteiger partial charge < -0.3 is 10.1 Å². The average molecular weight is 382 g/mol. The first-order valence-electron chi connectivity index (χ1n) is 8.77. The van der Waals surface area contributed by atoms with Crippen LogP contribution in [0.4, 0.5) is 5.69 Å². The first-order chi connectivity index (χ1) is 13.2. The van der Waals surface area contributed by atoms with Gasteiger partial charge in [0.15, 0.2) is 5.16 Å². The van der Waals surface area contributed by atoms with Gasteiger partial charge in [-0.1, -0.05) is 36.9 Å². The molecule has 0 radical (unpaired) electrons. The molecule has 1 N–H and O–H groups in total. The van der Waals surface area contributed by atoms with Crippen molar-refractivity contribution in [1.29, 1.82) is 0 Å². The number of ether oxygens (including phenoxy) is 1. The van der Waals surface area contributed by atoms with Crippen molar-refractivity contribution >= 4 is 23.4 Å². The van der Waals surface area contributed by atoms with Crippen LogP contribution in [-0.4, -0.2) is 33.5 Å². The monoisotopic (exact) mass is 382 g/mol. The van der Waals surface area contributed by atoms with Crippen LogP contribution in [0.2, 0.25) is 0 Å². The van der Waals surface area contributed by atoms with Crippen molar-refractivity contribution in [3.8, 4) is 11.4 Å². The van der Waals surface area contributed by atoms with E-state index in [1.807, 2.05) is 59.2 Å². The Hall–Kier alpha value is -2.80. The Labute approximate surface area is 163 Å². The molecule has 0 saturated carbocycles. The molecular weight excluding hydrogens is 360 g/mol. The summed E-state index contributed by atoms with van der Waals surface area (Å²) in [6, 6.07) is 17.3. The highest BCUT2D eigenvalue weighted by Gasteiger charge is 2.13. The maximum Gasteiger partial charge on any atom is 0.225 e. The molecule has 1 amide bonds. The molecule has 0 bridgehead atoms. The maximum absolute atomic E-state index is 12.2. The third kappa shape index (κ3) is 4.89. The summed E-state index contributed by atoms with van der Waals surface area (Å²) in [5.41, 5.74) is 1.79. The van der Waals surface area contributed by atoms with Crippen molar-refractivity contribution in [3.05, 3.63) is 60.4 Å². The summed E-state index contributed by atoms with van der Waals surface area (Å²) < 4.78 is 7.16. The van der Waals surface area contributed by atoms with Crippen molar-refractivity contribution in [3.63, 3.8) is 0 Å². The van der Waals surface area contributed by atoms with Crippen LogP contribution in [0, 0.1) is 0 Å². The van der Waals surface area contributed by atoms with Gasteiger partial charge >= 0.3 is 0 Å². The number of benzene rings is 2. The standard InChI is InChI=1S/C20H22N4O2S/c1-3-18-22-23-20(24(18)16-7-5-4-6-8-16)27-14-13-19(25)21-15-9-11-17(26-2)12-10-15/h4-12H,3,13-14H2,1-2H3,(H,21,25). The Morgan fingerprint density at radius 2 is 1.85 bits per heavy atom. The minimum absolute atomic E-state index is 0.0332. The summed E-state index contributed by atoms with van der Waals surface area (Å²) in [6.45, 7) is 2.06. The summed E-state index contributed by atoms with van der Waals surface area (Å²) in [4.78, 5) is 12.2. The van der Waals surface area contributed by atoms with Gasteiger partial charge in [-0.25, -0.2) is 0 Å². The Kier molecular flexibility index (Phi) is 6.49. The topological polar surface area (TPSA) is 69.0 Å². The highest BCUT2D eigenvalue weighted by molar-refractivity contribution is 7.99. The van der Waals surface area contributed by atoms with Crippen molar-refractivity contribution in [2.75, 3.05) is 18.2 Å². The molecule has 0 aliphatic carbocycles. The fourth-order valence-electron chi connectivity index (χ4n) is 2.59. The normalized spacial score (nSPS) is 10.6. The second-order valence-electron chi connectivity index (χ2n) is 5.80. The smallest absolute Gasteiger partial charge is 0.225 e. The number of amides is 1. The van der Waals surface area contributed by atoms with Gasteiger partial charge in [0.05, 0.1) is 7.11 Å². The minimum Gasteiger partial charge on any atom is -0.497 e. The van der Waals surface area contributed by atoms with E-state index in [4.69, 9.17) is 4.74 Å². The van der Waals surface area contributed by atoms with Crippen LogP contribution >= 0.6 is 11.8 Å². The van der Waals surface area contributed by atoms with Crippen LogP contribution in [0.25, 0.3) is 5.69 Å². The lowest BCUT2D eigenvalue weighted by Gasteiger charge is -2.09. The van der Waals surface area contributed by atoms with Gasteiger partial charge in [0.2, 0.25) is 5.91 Å². The number of aryl methyl sites for hydroxylation is 1. The number of hydrogen-bond donors (Lipinski definition) is 1. The molecule has 140 valence electrons. The highest BCUT2D eigenvalue weighted by Crippen LogP contribution is 2.23. The SMILES string of the molecule is CCc1nnc(SCCC(=O)Nc2ccc(OC)cc2)n1-c1ccccc1. The van der Waals surface area contributed by atoms with Crippen LogP contribution < -0.4 is 10.1 Å². The van der Waals surface area contributed by atoms with Crippen LogP contribution in [0.1, 0.15) is 19.2 Å². The number of anilines is 1. The van der Waals surface area contributed by atoms with E-state index in [0.717, 1.165) is 34.5 Å². The quantitative estimate of drug-likeness (QED) is 0.597. The summed E-state index contributed by atoms with van der Waals surface area (Å²) in [6.07, 6.45) is 1.18. The van der Waals surface area contributed by atoms with Gasteiger partial charge in [0, 0.05) is 30.0 Å². The van der Waals surface area contributed by atoms with E-state index in [9.17, 15) is 4.79 Å². The van der Waals surface area contributed by atoms with Crippen LogP contribution in [0.15, 0.2) is 59.8 Å². The zero-order valence-electron chi connectivity index (χ0n) is 15.4. The molecule has 0 saturated heterocycles. The predicted octanol–water partition coefficient (Wildman–Crippen LogP) is 3.96. The largest absolute Gasteiger partial charge is 0.497 e. The molecule has 0 aliphatic rings. The van der Waals surface area contributed by atoms with Crippen molar-refractivity contribution in [1.82, 2.24) is 14.8 Å². The molecule has 3 aromatic rings. The second-order valence-corrected chi connectivity index (χ2v) is 6.86. The number of carbonyl (C=O) groups excluding carboxylic acids is 1. The Morgan fingerprint density at radius 1 is 1.11 bits per heavy atom. The van der Waals surface area contributed by atoms with Crippen LogP contribution in [-0.2, 0) is 11.2 Å². The van der Waals surface area contributed by atoms with Gasteiger partial charge in [-0.05, 0) is 36.4 Å².